The fraction of sp³-hybridized carbons (Fsp3) is 0.615. The Hall–Kier alpha value is -1.61. The van der Waals surface area contributed by atoms with Crippen molar-refractivity contribution in [1.82, 2.24) is 4.90 Å². The van der Waals surface area contributed by atoms with Crippen molar-refractivity contribution in [2.75, 3.05) is 7.05 Å². The first-order chi connectivity index (χ1) is 14.3. The van der Waals surface area contributed by atoms with E-state index in [0.29, 0.717) is 34.4 Å². The van der Waals surface area contributed by atoms with Gasteiger partial charge >= 0.3 is 0 Å². The molecule has 1 aromatic carbocycles. The first kappa shape index (κ1) is 20.3. The van der Waals surface area contributed by atoms with Gasteiger partial charge in [0.25, 0.3) is 0 Å². The second-order valence-electron chi connectivity index (χ2n) is 10.6. The second-order valence-corrected chi connectivity index (χ2v) is 11.0. The highest BCUT2D eigenvalue weighted by molar-refractivity contribution is 6.34. The van der Waals surface area contributed by atoms with E-state index in [1.807, 2.05) is 36.2 Å². The molecule has 30 heavy (non-hydrogen) atoms. The monoisotopic (exact) mass is 425 g/mol. The summed E-state index contributed by atoms with van der Waals surface area (Å²) >= 11 is 6.39. The van der Waals surface area contributed by atoms with Crippen LogP contribution in [0.4, 0.5) is 0 Å². The number of rotatable bonds is 2. The van der Waals surface area contributed by atoms with Crippen LogP contribution < -0.4 is 0 Å². The number of likely N-dealkylation sites (N-methyl/N-ethyl adjacent to an activating group) is 1. The largest absolute Gasteiger partial charge is 0.338 e. The van der Waals surface area contributed by atoms with Crippen LogP contribution in [0.25, 0.3) is 0 Å². The van der Waals surface area contributed by atoms with Crippen LogP contribution >= 0.6 is 11.6 Å². The summed E-state index contributed by atoms with van der Waals surface area (Å²) < 4.78 is 0. The van der Waals surface area contributed by atoms with Crippen molar-refractivity contribution in [3.63, 3.8) is 0 Å². The van der Waals surface area contributed by atoms with Gasteiger partial charge in [0, 0.05) is 30.0 Å². The van der Waals surface area contributed by atoms with Gasteiger partial charge in [0.05, 0.1) is 5.02 Å². The molecule has 1 aromatic rings. The molecular weight excluding hydrogens is 394 g/mol. The fourth-order valence-corrected chi connectivity index (χ4v) is 8.25. The highest BCUT2D eigenvalue weighted by Gasteiger charge is 2.61. The summed E-state index contributed by atoms with van der Waals surface area (Å²) in [7, 11) is 1.97. The Morgan fingerprint density at radius 1 is 1.07 bits per heavy atom. The van der Waals surface area contributed by atoms with E-state index in [2.05, 4.69) is 19.9 Å². The lowest BCUT2D eigenvalue weighted by Gasteiger charge is -2.60. The molecule has 1 aliphatic heterocycles. The molecule has 4 aliphatic rings. The van der Waals surface area contributed by atoms with Crippen LogP contribution in [0.3, 0.4) is 0 Å². The fourth-order valence-electron chi connectivity index (χ4n) is 8.02. The summed E-state index contributed by atoms with van der Waals surface area (Å²) in [4.78, 5) is 27.7. The quantitative estimate of drug-likeness (QED) is 0.563. The van der Waals surface area contributed by atoms with Crippen molar-refractivity contribution in [1.29, 1.82) is 0 Å². The summed E-state index contributed by atoms with van der Waals surface area (Å²) in [5.74, 6) is 2.27. The number of hydrogen-bond donors (Lipinski definition) is 0. The molecule has 0 saturated heterocycles. The summed E-state index contributed by atoms with van der Waals surface area (Å²) in [6.45, 7) is 4.75. The van der Waals surface area contributed by atoms with E-state index < -0.39 is 0 Å². The van der Waals surface area contributed by atoms with E-state index in [9.17, 15) is 9.59 Å². The average molecular weight is 426 g/mol. The van der Waals surface area contributed by atoms with Crippen molar-refractivity contribution >= 4 is 23.3 Å². The van der Waals surface area contributed by atoms with Crippen LogP contribution in [0.2, 0.25) is 5.02 Å². The maximum absolute atomic E-state index is 13.5. The zero-order valence-electron chi connectivity index (χ0n) is 18.2. The minimum absolute atomic E-state index is 0.0533. The summed E-state index contributed by atoms with van der Waals surface area (Å²) in [5, 5.41) is 0.580. The third-order valence-electron chi connectivity index (χ3n) is 9.58. The van der Waals surface area contributed by atoms with Crippen molar-refractivity contribution in [3.8, 4) is 0 Å². The highest BCUT2D eigenvalue weighted by Crippen LogP contribution is 2.65. The summed E-state index contributed by atoms with van der Waals surface area (Å²) in [6, 6.07) is 7.83. The van der Waals surface area contributed by atoms with Crippen LogP contribution in [0.1, 0.15) is 62.7 Å². The molecule has 0 aromatic heterocycles. The number of carbonyl (C=O) groups excluding carboxylic acids is 2. The Bertz CT molecular complexity index is 925. The smallest absolute Gasteiger partial charge is 0.246 e. The molecule has 5 rings (SSSR count). The molecular formula is C26H32ClNO2. The number of ketones is 1. The van der Waals surface area contributed by atoms with E-state index >= 15 is 0 Å². The summed E-state index contributed by atoms with van der Waals surface area (Å²) in [5.41, 5.74) is 0.803. The first-order valence-corrected chi connectivity index (χ1v) is 11.9. The minimum atomic E-state index is 0.0533. The Kier molecular flexibility index (Phi) is 4.70. The maximum atomic E-state index is 13.5. The predicted octanol–water partition coefficient (Wildman–Crippen LogP) is 5.78. The van der Waals surface area contributed by atoms with E-state index in [-0.39, 0.29) is 28.4 Å². The van der Waals surface area contributed by atoms with Gasteiger partial charge in [-0.2, -0.15) is 0 Å². The molecule has 0 spiro atoms. The number of hydrogen-bond acceptors (Lipinski definition) is 2. The van der Waals surface area contributed by atoms with E-state index in [1.165, 1.54) is 6.42 Å². The van der Waals surface area contributed by atoms with Crippen molar-refractivity contribution in [2.45, 2.75) is 58.4 Å². The molecule has 160 valence electrons. The van der Waals surface area contributed by atoms with Crippen molar-refractivity contribution in [3.05, 3.63) is 47.0 Å². The number of Topliss-reactive ketones (excluding diaryl/α,β-unsaturated/α-hetero) is 1. The van der Waals surface area contributed by atoms with E-state index in [0.717, 1.165) is 32.1 Å². The van der Waals surface area contributed by atoms with Crippen LogP contribution in [-0.2, 0) is 4.79 Å². The first-order valence-electron chi connectivity index (χ1n) is 11.5. The van der Waals surface area contributed by atoms with Crippen molar-refractivity contribution in [2.24, 2.45) is 34.5 Å². The Balaban J connectivity index is 1.45. The van der Waals surface area contributed by atoms with Crippen LogP contribution in [0.5, 0.6) is 0 Å². The van der Waals surface area contributed by atoms with E-state index in [1.54, 1.807) is 6.08 Å². The lowest BCUT2D eigenvalue weighted by atomic mass is 9.47. The lowest BCUT2D eigenvalue weighted by molar-refractivity contribution is -0.138. The maximum Gasteiger partial charge on any atom is 0.246 e. The molecule has 3 fully saturated rings. The van der Waals surface area contributed by atoms with Gasteiger partial charge in [0.1, 0.15) is 0 Å². The third kappa shape index (κ3) is 2.70. The SMILES string of the molecule is CN1C(=O)C=C[C@@]2(C)C1CC[C@@H]1[C@H]2CC[C@]2(C)C(C(=O)c3ccccc3Cl)CC[C@@H]12. The van der Waals surface area contributed by atoms with E-state index in [4.69, 9.17) is 11.6 Å². The molecule has 1 amide bonds. The van der Waals surface area contributed by atoms with Gasteiger partial charge in [0.2, 0.25) is 5.91 Å². The highest BCUT2D eigenvalue weighted by atomic mass is 35.5. The number of carbonyl (C=O) groups is 2. The molecule has 1 heterocycles. The zero-order chi connectivity index (χ0) is 21.3. The molecule has 7 atom stereocenters. The number of benzene rings is 1. The predicted molar refractivity (Wildman–Crippen MR) is 119 cm³/mol. The topological polar surface area (TPSA) is 37.4 Å². The molecule has 3 nitrogen and oxygen atoms in total. The average Bonchev–Trinajstić information content (AvgIpc) is 3.08. The van der Waals surface area contributed by atoms with Gasteiger partial charge in [-0.25, -0.2) is 0 Å². The Morgan fingerprint density at radius 3 is 2.60 bits per heavy atom. The van der Waals surface area contributed by atoms with Gasteiger partial charge in [-0.05, 0) is 79.9 Å². The third-order valence-corrected chi connectivity index (χ3v) is 9.91. The molecule has 0 N–H and O–H groups in total. The number of nitrogens with zero attached hydrogens (tertiary/aromatic N) is 1. The zero-order valence-corrected chi connectivity index (χ0v) is 19.0. The molecule has 4 heteroatoms. The summed E-state index contributed by atoms with van der Waals surface area (Å²) in [6.07, 6.45) is 10.6. The van der Waals surface area contributed by atoms with Crippen LogP contribution in [-0.4, -0.2) is 29.7 Å². The van der Waals surface area contributed by atoms with Gasteiger partial charge in [-0.3, -0.25) is 9.59 Å². The lowest BCUT2D eigenvalue weighted by Crippen LogP contribution is -2.59. The normalized spacial score (nSPS) is 42.5. The standard InChI is InChI=1S/C26H32ClNO2/c1-25-14-12-19-16(8-11-22-26(19,2)15-13-23(29)28(22)3)18(25)9-10-20(25)24(30)17-6-4-5-7-21(17)27/h4-7,13,15-16,18-20,22H,8-12,14H2,1-3H3/t16-,18-,19+,20?,22?,25-,26+/m0/s1. The van der Waals surface area contributed by atoms with Gasteiger partial charge < -0.3 is 4.90 Å². The minimum Gasteiger partial charge on any atom is -0.338 e. The van der Waals surface area contributed by atoms with Crippen LogP contribution in [0, 0.1) is 34.5 Å². The second kappa shape index (κ2) is 6.95. The molecule has 3 aliphatic carbocycles. The Labute approximate surface area is 184 Å². The van der Waals surface area contributed by atoms with Gasteiger partial charge in [-0.15, -0.1) is 0 Å². The molecule has 0 bridgehead atoms. The Morgan fingerprint density at radius 2 is 1.83 bits per heavy atom. The number of amides is 1. The van der Waals surface area contributed by atoms with Crippen LogP contribution in [0.15, 0.2) is 36.4 Å². The molecule has 3 saturated carbocycles. The van der Waals surface area contributed by atoms with Gasteiger partial charge in [-0.1, -0.05) is 43.7 Å². The number of halogens is 1. The van der Waals surface area contributed by atoms with Gasteiger partial charge in [0.15, 0.2) is 5.78 Å². The number of fused-ring (bicyclic) bond motifs is 5. The molecule has 0 radical (unpaired) electrons. The molecule has 2 unspecified atom stereocenters. The van der Waals surface area contributed by atoms with Crippen molar-refractivity contribution < 1.29 is 9.59 Å².